The summed E-state index contributed by atoms with van der Waals surface area (Å²) in [6.07, 6.45) is 10.9. The van der Waals surface area contributed by atoms with Crippen LogP contribution in [0.4, 0.5) is 28.4 Å². The van der Waals surface area contributed by atoms with Gasteiger partial charge in [-0.25, -0.2) is 0 Å². The van der Waals surface area contributed by atoms with Crippen LogP contribution in [-0.4, -0.2) is 0 Å². The molecule has 0 saturated heterocycles. The third-order valence-corrected chi connectivity index (χ3v) is 10.3. The molecular formula is C55H46N2. The molecule has 0 radical (unpaired) electrons. The van der Waals surface area contributed by atoms with Crippen LogP contribution in [0.25, 0.3) is 28.5 Å². The fourth-order valence-electron chi connectivity index (χ4n) is 7.23. The van der Waals surface area contributed by atoms with E-state index in [4.69, 9.17) is 0 Å². The van der Waals surface area contributed by atoms with Gasteiger partial charge < -0.3 is 9.80 Å². The molecule has 0 amide bonds. The summed E-state index contributed by atoms with van der Waals surface area (Å²) in [7, 11) is 0. The van der Waals surface area contributed by atoms with Crippen LogP contribution in [0.1, 0.15) is 38.9 Å². The number of hydrogen-bond acceptors (Lipinski definition) is 2. The Hall–Kier alpha value is -7.16. The van der Waals surface area contributed by atoms with Crippen molar-refractivity contribution < 1.29 is 0 Å². The Bertz CT molecular complexity index is 2570. The van der Waals surface area contributed by atoms with E-state index in [9.17, 15) is 0 Å². The highest BCUT2D eigenvalue weighted by atomic mass is 15.1. The van der Waals surface area contributed by atoms with E-state index in [0.717, 1.165) is 39.6 Å². The van der Waals surface area contributed by atoms with Gasteiger partial charge in [0.1, 0.15) is 0 Å². The number of rotatable bonds is 11. The van der Waals surface area contributed by atoms with Crippen molar-refractivity contribution in [3.05, 3.63) is 251 Å². The molecule has 0 bridgehead atoms. The number of aryl methyl sites for hydroxylation is 3. The molecule has 2 heteroatoms. The summed E-state index contributed by atoms with van der Waals surface area (Å²) >= 11 is 0. The first-order chi connectivity index (χ1) is 28.0. The molecule has 0 unspecified atom stereocenters. The van der Waals surface area contributed by atoms with Crippen molar-refractivity contribution >= 4 is 56.9 Å². The second-order valence-electron chi connectivity index (χ2n) is 14.5. The molecule has 8 rings (SSSR count). The minimum absolute atomic E-state index is 1.10. The Morgan fingerprint density at radius 3 is 1.35 bits per heavy atom. The van der Waals surface area contributed by atoms with Crippen molar-refractivity contribution in [1.29, 1.82) is 0 Å². The summed E-state index contributed by atoms with van der Waals surface area (Å²) in [4.78, 5) is 4.65. The fraction of sp³-hybridized carbons (Fsp3) is 0.0545. The van der Waals surface area contributed by atoms with E-state index >= 15 is 0 Å². The van der Waals surface area contributed by atoms with Gasteiger partial charge in [-0.05, 0) is 103 Å². The highest BCUT2D eigenvalue weighted by molar-refractivity contribution is 6.02. The second-order valence-corrected chi connectivity index (χ2v) is 14.5. The molecule has 57 heavy (non-hydrogen) atoms. The van der Waals surface area contributed by atoms with Crippen LogP contribution in [0.3, 0.4) is 0 Å². The number of anilines is 5. The predicted octanol–water partition coefficient (Wildman–Crippen LogP) is 15.2. The topological polar surface area (TPSA) is 6.48 Å². The van der Waals surface area contributed by atoms with E-state index in [1.165, 1.54) is 44.2 Å². The molecule has 276 valence electrons. The number of allylic oxidation sites excluding steroid dienone is 2. The summed E-state index contributed by atoms with van der Waals surface area (Å²) < 4.78 is 0. The Morgan fingerprint density at radius 2 is 0.825 bits per heavy atom. The molecule has 8 aromatic rings. The van der Waals surface area contributed by atoms with E-state index in [1.54, 1.807) is 0 Å². The highest BCUT2D eigenvalue weighted by Gasteiger charge is 2.16. The zero-order valence-electron chi connectivity index (χ0n) is 32.8. The van der Waals surface area contributed by atoms with Crippen molar-refractivity contribution in [2.75, 3.05) is 9.80 Å². The first-order valence-electron chi connectivity index (χ1n) is 19.6. The van der Waals surface area contributed by atoms with Crippen LogP contribution >= 0.6 is 0 Å². The van der Waals surface area contributed by atoms with Gasteiger partial charge >= 0.3 is 0 Å². The minimum Gasteiger partial charge on any atom is -0.316 e. The molecule has 0 aliphatic heterocycles. The average Bonchev–Trinajstić information content (AvgIpc) is 3.26. The third-order valence-electron chi connectivity index (χ3n) is 10.3. The van der Waals surface area contributed by atoms with Crippen LogP contribution in [0, 0.1) is 20.8 Å². The molecule has 0 aliphatic carbocycles. The Balaban J connectivity index is 1.10. The van der Waals surface area contributed by atoms with Gasteiger partial charge in [0.25, 0.3) is 0 Å². The first kappa shape index (κ1) is 36.8. The van der Waals surface area contributed by atoms with Crippen molar-refractivity contribution in [1.82, 2.24) is 0 Å². The molecule has 0 aromatic heterocycles. The fourth-order valence-corrected chi connectivity index (χ4v) is 7.23. The number of fused-ring (bicyclic) bond motifs is 1. The van der Waals surface area contributed by atoms with Crippen LogP contribution in [0.15, 0.2) is 212 Å². The van der Waals surface area contributed by atoms with Crippen molar-refractivity contribution in [3.8, 4) is 0 Å². The third kappa shape index (κ3) is 8.57. The quantitative estimate of drug-likeness (QED) is 0.122. The summed E-state index contributed by atoms with van der Waals surface area (Å²) in [5.74, 6) is 0. The molecule has 0 fully saturated rings. The van der Waals surface area contributed by atoms with Gasteiger partial charge in [0.15, 0.2) is 0 Å². The van der Waals surface area contributed by atoms with Gasteiger partial charge in [-0.1, -0.05) is 181 Å². The largest absolute Gasteiger partial charge is 0.316 e. The Morgan fingerprint density at radius 1 is 0.386 bits per heavy atom. The van der Waals surface area contributed by atoms with Crippen molar-refractivity contribution in [2.45, 2.75) is 20.8 Å². The van der Waals surface area contributed by atoms with Crippen LogP contribution in [0.2, 0.25) is 0 Å². The number of nitrogens with zero attached hydrogens (tertiary/aromatic N) is 2. The van der Waals surface area contributed by atoms with Crippen LogP contribution in [-0.2, 0) is 0 Å². The molecule has 0 aliphatic rings. The summed E-state index contributed by atoms with van der Waals surface area (Å²) in [5.41, 5.74) is 15.2. The van der Waals surface area contributed by atoms with Gasteiger partial charge in [-0.15, -0.1) is 0 Å². The maximum absolute atomic E-state index is 2.34. The van der Waals surface area contributed by atoms with E-state index in [2.05, 4.69) is 255 Å². The lowest BCUT2D eigenvalue weighted by Crippen LogP contribution is -2.11. The number of benzene rings is 8. The zero-order chi connectivity index (χ0) is 39.0. The predicted molar refractivity (Wildman–Crippen MR) is 246 cm³/mol. The smallest absolute Gasteiger partial charge is 0.0534 e. The Labute approximate surface area is 337 Å². The molecular weight excluding hydrogens is 689 g/mol. The minimum atomic E-state index is 1.10. The average molecular weight is 735 g/mol. The van der Waals surface area contributed by atoms with Crippen molar-refractivity contribution in [3.63, 3.8) is 0 Å². The van der Waals surface area contributed by atoms with E-state index in [1.807, 2.05) is 0 Å². The maximum atomic E-state index is 2.34. The summed E-state index contributed by atoms with van der Waals surface area (Å²) in [6.45, 7) is 6.39. The van der Waals surface area contributed by atoms with E-state index in [-0.39, 0.29) is 0 Å². The van der Waals surface area contributed by atoms with Gasteiger partial charge in [0, 0.05) is 39.9 Å². The molecule has 8 aromatic carbocycles. The molecule has 0 heterocycles. The van der Waals surface area contributed by atoms with Gasteiger partial charge in [0.2, 0.25) is 0 Å². The van der Waals surface area contributed by atoms with Gasteiger partial charge in [-0.3, -0.25) is 0 Å². The molecule has 0 atom stereocenters. The Kier molecular flexibility index (Phi) is 11.0. The summed E-state index contributed by atoms with van der Waals surface area (Å²) in [5, 5.41) is 2.38. The SMILES string of the molecule is Cc1ccc(N(C=C(c2ccccc2)c2ccccc2)c2ccc(/C=C/C=C/c3ccc(N(c4ccc(C)cc4)c4ccc(C)cc4)cc3)c3ccccc23)cc1. The monoisotopic (exact) mass is 734 g/mol. The second kappa shape index (κ2) is 17.1. The summed E-state index contributed by atoms with van der Waals surface area (Å²) in [6, 6.07) is 69.5. The van der Waals surface area contributed by atoms with Gasteiger partial charge in [0.05, 0.1) is 5.69 Å². The van der Waals surface area contributed by atoms with Crippen LogP contribution in [0.5, 0.6) is 0 Å². The van der Waals surface area contributed by atoms with E-state index in [0.29, 0.717) is 0 Å². The molecule has 0 saturated carbocycles. The standard InChI is InChI=1S/C55H46N2/c1-41-22-31-48(32-23-41)56(40-54(45-15-6-4-7-16-45)46-17-8-5-9-18-46)55-39-30-47(52-20-12-13-21-53(52)55)19-11-10-14-44-28-37-51(38-29-44)57(49-33-24-42(2)25-34-49)50-35-26-43(3)27-36-50/h4-40H,1-3H3/b14-10+,19-11+. The lowest BCUT2D eigenvalue weighted by molar-refractivity contribution is 1.27. The van der Waals surface area contributed by atoms with Gasteiger partial charge in [-0.2, -0.15) is 0 Å². The lowest BCUT2D eigenvalue weighted by Gasteiger charge is -2.25. The highest BCUT2D eigenvalue weighted by Crippen LogP contribution is 2.38. The maximum Gasteiger partial charge on any atom is 0.0534 e. The van der Waals surface area contributed by atoms with E-state index < -0.39 is 0 Å². The number of hydrogen-bond donors (Lipinski definition) is 0. The molecule has 0 spiro atoms. The molecule has 2 nitrogen and oxygen atoms in total. The first-order valence-corrected chi connectivity index (χ1v) is 19.6. The lowest BCUT2D eigenvalue weighted by atomic mass is 9.97. The van der Waals surface area contributed by atoms with Crippen LogP contribution < -0.4 is 9.80 Å². The zero-order valence-corrected chi connectivity index (χ0v) is 32.8. The van der Waals surface area contributed by atoms with Crippen molar-refractivity contribution in [2.24, 2.45) is 0 Å². The molecule has 0 N–H and O–H groups in total. The normalized spacial score (nSPS) is 11.3.